The number of anilines is 1. The summed E-state index contributed by atoms with van der Waals surface area (Å²) in [6.07, 6.45) is 1.61. The molecule has 2 aromatic rings. The van der Waals surface area contributed by atoms with Gasteiger partial charge in [-0.1, -0.05) is 24.3 Å². The summed E-state index contributed by atoms with van der Waals surface area (Å²) in [6, 6.07) is 10.5. The Morgan fingerprint density at radius 3 is 2.44 bits per heavy atom. The number of nitrogens with zero attached hydrogens (tertiary/aromatic N) is 1. The van der Waals surface area contributed by atoms with E-state index in [1.54, 1.807) is 30.5 Å². The molecule has 0 saturated carbocycles. The molecule has 0 aliphatic heterocycles. The first-order valence-corrected chi connectivity index (χ1v) is 4.85. The average Bonchev–Trinajstić information content (AvgIpc) is 2.30. The summed E-state index contributed by atoms with van der Waals surface area (Å²) in [4.78, 5) is 3.97. The highest BCUT2D eigenvalue weighted by Gasteiger charge is 2.16. The third-order valence-electron chi connectivity index (χ3n) is 2.34. The van der Waals surface area contributed by atoms with Gasteiger partial charge in [0.15, 0.2) is 0 Å². The summed E-state index contributed by atoms with van der Waals surface area (Å²) in [5, 5.41) is 18.5. The average molecular weight is 214 g/mol. The normalized spacial score (nSPS) is 10.1. The van der Waals surface area contributed by atoms with E-state index in [0.717, 1.165) is 11.1 Å². The van der Waals surface area contributed by atoms with Gasteiger partial charge < -0.3 is 15.8 Å². The van der Waals surface area contributed by atoms with Crippen molar-refractivity contribution < 1.29 is 10.0 Å². The molecule has 0 radical (unpaired) electrons. The fraction of sp³-hybridized carbons (Fsp3) is 0. The molecule has 0 unspecified atom stereocenters. The second-order valence-corrected chi connectivity index (χ2v) is 3.43. The third-order valence-corrected chi connectivity index (χ3v) is 2.34. The molecule has 0 spiro atoms. The van der Waals surface area contributed by atoms with Gasteiger partial charge in [0, 0.05) is 6.20 Å². The van der Waals surface area contributed by atoms with Crippen molar-refractivity contribution in [1.29, 1.82) is 0 Å². The molecular weight excluding hydrogens is 203 g/mol. The van der Waals surface area contributed by atoms with E-state index in [9.17, 15) is 10.0 Å². The summed E-state index contributed by atoms with van der Waals surface area (Å²) >= 11 is 0. The largest absolute Gasteiger partial charge is 0.489 e. The van der Waals surface area contributed by atoms with Crippen LogP contribution in [0.15, 0.2) is 42.6 Å². The second-order valence-electron chi connectivity index (χ2n) is 3.43. The molecule has 1 aromatic heterocycles. The van der Waals surface area contributed by atoms with Crippen LogP contribution in [0.25, 0.3) is 11.1 Å². The summed E-state index contributed by atoms with van der Waals surface area (Å²) in [5.74, 6) is 0.436. The molecule has 1 heterocycles. The predicted molar refractivity (Wildman–Crippen MR) is 63.9 cm³/mol. The fourth-order valence-electron chi connectivity index (χ4n) is 1.55. The Hall–Kier alpha value is -1.85. The SMILES string of the molecule is Nc1ccc(-c2ccccc2B(O)O)cn1. The zero-order valence-corrected chi connectivity index (χ0v) is 8.54. The van der Waals surface area contributed by atoms with E-state index in [0.29, 0.717) is 11.3 Å². The van der Waals surface area contributed by atoms with Crippen LogP contribution in [0.3, 0.4) is 0 Å². The monoisotopic (exact) mass is 214 g/mol. The molecule has 4 nitrogen and oxygen atoms in total. The second kappa shape index (κ2) is 4.34. The molecule has 1 aromatic carbocycles. The number of hydrogen-bond donors (Lipinski definition) is 3. The van der Waals surface area contributed by atoms with Gasteiger partial charge in [-0.3, -0.25) is 0 Å². The molecule has 0 bridgehead atoms. The molecule has 0 amide bonds. The van der Waals surface area contributed by atoms with Gasteiger partial charge in [-0.2, -0.15) is 0 Å². The van der Waals surface area contributed by atoms with Gasteiger partial charge in [-0.15, -0.1) is 0 Å². The topological polar surface area (TPSA) is 79.4 Å². The van der Waals surface area contributed by atoms with Crippen molar-refractivity contribution in [3.05, 3.63) is 42.6 Å². The fourth-order valence-corrected chi connectivity index (χ4v) is 1.55. The van der Waals surface area contributed by atoms with Crippen LogP contribution in [-0.4, -0.2) is 22.2 Å². The third kappa shape index (κ3) is 2.05. The number of pyridine rings is 1. The minimum Gasteiger partial charge on any atom is -0.423 e. The standard InChI is InChI=1S/C11H11BN2O2/c13-11-6-5-8(7-14-11)9-3-1-2-4-10(9)12(15)16/h1-7,15-16H,(H2,13,14). The Kier molecular flexibility index (Phi) is 2.89. The summed E-state index contributed by atoms with van der Waals surface area (Å²) in [5.41, 5.74) is 7.49. The van der Waals surface area contributed by atoms with Gasteiger partial charge in [0.1, 0.15) is 5.82 Å². The highest BCUT2D eigenvalue weighted by atomic mass is 16.4. The number of rotatable bonds is 2. The number of nitrogen functional groups attached to an aromatic ring is 1. The Morgan fingerprint density at radius 2 is 1.81 bits per heavy atom. The van der Waals surface area contributed by atoms with Gasteiger partial charge in [0.25, 0.3) is 0 Å². The van der Waals surface area contributed by atoms with Crippen molar-refractivity contribution in [3.8, 4) is 11.1 Å². The van der Waals surface area contributed by atoms with Crippen LogP contribution >= 0.6 is 0 Å². The van der Waals surface area contributed by atoms with Crippen molar-refractivity contribution in [2.45, 2.75) is 0 Å². The summed E-state index contributed by atoms with van der Waals surface area (Å²) in [6.45, 7) is 0. The highest BCUT2D eigenvalue weighted by Crippen LogP contribution is 2.16. The van der Waals surface area contributed by atoms with Gasteiger partial charge in [-0.25, -0.2) is 4.98 Å². The van der Waals surface area contributed by atoms with Gasteiger partial charge in [0.2, 0.25) is 0 Å². The highest BCUT2D eigenvalue weighted by molar-refractivity contribution is 6.60. The molecule has 2 rings (SSSR count). The lowest BCUT2D eigenvalue weighted by Crippen LogP contribution is -2.31. The minimum atomic E-state index is -1.49. The van der Waals surface area contributed by atoms with E-state index in [-0.39, 0.29) is 0 Å². The summed E-state index contributed by atoms with van der Waals surface area (Å²) < 4.78 is 0. The van der Waals surface area contributed by atoms with E-state index in [4.69, 9.17) is 5.73 Å². The maximum atomic E-state index is 9.23. The number of nitrogens with two attached hydrogens (primary N) is 1. The number of aromatic nitrogens is 1. The van der Waals surface area contributed by atoms with Crippen LogP contribution in [0, 0.1) is 0 Å². The lowest BCUT2D eigenvalue weighted by Gasteiger charge is -2.08. The van der Waals surface area contributed by atoms with Crippen LogP contribution in [0.1, 0.15) is 0 Å². The summed E-state index contributed by atoms with van der Waals surface area (Å²) in [7, 11) is -1.49. The van der Waals surface area contributed by atoms with E-state index in [2.05, 4.69) is 4.98 Å². The van der Waals surface area contributed by atoms with Crippen molar-refractivity contribution in [2.24, 2.45) is 0 Å². The van der Waals surface area contributed by atoms with Crippen LogP contribution in [0.2, 0.25) is 0 Å². The van der Waals surface area contributed by atoms with Crippen molar-refractivity contribution >= 4 is 18.4 Å². The molecule has 4 N–H and O–H groups in total. The lowest BCUT2D eigenvalue weighted by atomic mass is 9.75. The van der Waals surface area contributed by atoms with E-state index in [1.807, 2.05) is 12.1 Å². The molecule has 0 aliphatic rings. The quantitative estimate of drug-likeness (QED) is 0.615. The molecule has 0 saturated heterocycles. The number of benzene rings is 1. The Balaban J connectivity index is 2.51. The molecule has 5 heteroatoms. The zero-order chi connectivity index (χ0) is 11.5. The Morgan fingerprint density at radius 1 is 1.06 bits per heavy atom. The first-order valence-electron chi connectivity index (χ1n) is 4.85. The van der Waals surface area contributed by atoms with E-state index < -0.39 is 7.12 Å². The van der Waals surface area contributed by atoms with Crippen LogP contribution in [0.4, 0.5) is 5.82 Å². The van der Waals surface area contributed by atoms with Crippen molar-refractivity contribution in [3.63, 3.8) is 0 Å². The van der Waals surface area contributed by atoms with E-state index in [1.165, 1.54) is 0 Å². The van der Waals surface area contributed by atoms with Gasteiger partial charge in [-0.05, 0) is 28.7 Å². The molecule has 80 valence electrons. The van der Waals surface area contributed by atoms with E-state index >= 15 is 0 Å². The minimum absolute atomic E-state index is 0.436. The zero-order valence-electron chi connectivity index (χ0n) is 8.54. The smallest absolute Gasteiger partial charge is 0.423 e. The number of hydrogen-bond acceptors (Lipinski definition) is 4. The van der Waals surface area contributed by atoms with Crippen molar-refractivity contribution in [1.82, 2.24) is 4.98 Å². The maximum Gasteiger partial charge on any atom is 0.489 e. The Bertz CT molecular complexity index is 486. The van der Waals surface area contributed by atoms with Crippen LogP contribution in [0.5, 0.6) is 0 Å². The van der Waals surface area contributed by atoms with Crippen LogP contribution in [-0.2, 0) is 0 Å². The Labute approximate surface area is 93.5 Å². The van der Waals surface area contributed by atoms with Gasteiger partial charge in [0.05, 0.1) is 0 Å². The molecule has 16 heavy (non-hydrogen) atoms. The maximum absolute atomic E-state index is 9.23. The van der Waals surface area contributed by atoms with Crippen LogP contribution < -0.4 is 11.2 Å². The molecule has 0 aliphatic carbocycles. The first kappa shape index (κ1) is 10.7. The predicted octanol–water partition coefficient (Wildman–Crippen LogP) is 0.0106. The van der Waals surface area contributed by atoms with Gasteiger partial charge >= 0.3 is 7.12 Å². The molecule has 0 atom stereocenters. The molecular formula is C11H11BN2O2. The lowest BCUT2D eigenvalue weighted by molar-refractivity contribution is 0.426. The van der Waals surface area contributed by atoms with Crippen molar-refractivity contribution in [2.75, 3.05) is 5.73 Å². The molecule has 0 fully saturated rings. The first-order chi connectivity index (χ1) is 7.68.